The number of hydrogen-bond acceptors (Lipinski definition) is 11. The zero-order valence-electron chi connectivity index (χ0n) is 17.4. The molecule has 4 heterocycles. The van der Waals surface area contributed by atoms with Crippen LogP contribution >= 0.6 is 10.8 Å². The molecular weight excluding hydrogens is 497 g/mol. The van der Waals surface area contributed by atoms with Crippen molar-refractivity contribution in [3.05, 3.63) is 36.0 Å². The Labute approximate surface area is 195 Å². The number of aromatic nitrogens is 2. The minimum Gasteiger partial charge on any atom is -0.382 e. The van der Waals surface area contributed by atoms with Gasteiger partial charge in [0.2, 0.25) is 0 Å². The smallest absolute Gasteiger partial charge is 0.382 e. The summed E-state index contributed by atoms with van der Waals surface area (Å²) in [6.07, 6.45) is -8.16. The molecule has 2 aromatic heterocycles. The number of rotatable bonds is 3. The van der Waals surface area contributed by atoms with E-state index in [2.05, 4.69) is 19.9 Å². The molecule has 0 aliphatic carbocycles. The molecule has 0 unspecified atom stereocenters. The Balaban J connectivity index is 1.43. The van der Waals surface area contributed by atoms with Crippen LogP contribution in [-0.4, -0.2) is 61.5 Å². The number of nitrogen functional groups attached to an aromatic ring is 1. The van der Waals surface area contributed by atoms with Crippen molar-refractivity contribution in [3.8, 4) is 0 Å². The minimum absolute atomic E-state index is 0.0253. The quantitative estimate of drug-likeness (QED) is 0.348. The number of benzene rings is 1. The molecule has 0 bridgehead atoms. The van der Waals surface area contributed by atoms with E-state index in [1.807, 2.05) is 0 Å². The summed E-state index contributed by atoms with van der Waals surface area (Å²) < 4.78 is 74.6. The molecule has 2 atom stereocenters. The van der Waals surface area contributed by atoms with E-state index in [-0.39, 0.29) is 41.0 Å². The van der Waals surface area contributed by atoms with E-state index in [1.54, 1.807) is 0 Å². The van der Waals surface area contributed by atoms with Crippen molar-refractivity contribution in [3.63, 3.8) is 0 Å². The molecule has 0 saturated carbocycles. The highest BCUT2D eigenvalue weighted by Crippen LogP contribution is 2.56. The third-order valence-corrected chi connectivity index (χ3v) is 6.75. The average Bonchev–Trinajstić information content (AvgIpc) is 3.16. The number of nitrogens with two attached hydrogens (primary N) is 1. The molecule has 6 N–H and O–H groups in total. The number of nitrogens with one attached hydrogen (secondary N) is 1. The Hall–Kier alpha value is -3.44. The lowest BCUT2D eigenvalue weighted by molar-refractivity contribution is -0.142. The SMILES string of the molecule is Nc1noc2cc3c(cc12)S(O)(O)N=C([C@H](O)[C@H]1OCCN(c2cccc(C(F)(F)F)n2)C1=O)N3. The number of carbonyl (C=O) groups is 1. The number of aliphatic hydroxyl groups excluding tert-OH is 1. The first kappa shape index (κ1) is 23.3. The van der Waals surface area contributed by atoms with Crippen LogP contribution in [0, 0.1) is 0 Å². The second-order valence-corrected chi connectivity index (χ2v) is 9.30. The van der Waals surface area contributed by atoms with Gasteiger partial charge < -0.3 is 25.4 Å². The van der Waals surface area contributed by atoms with Crippen molar-refractivity contribution in [2.45, 2.75) is 23.3 Å². The summed E-state index contributed by atoms with van der Waals surface area (Å²) in [5.41, 5.74) is 4.84. The van der Waals surface area contributed by atoms with Crippen molar-refractivity contribution in [1.82, 2.24) is 10.1 Å². The van der Waals surface area contributed by atoms with Crippen LogP contribution in [0.2, 0.25) is 0 Å². The molecule has 0 spiro atoms. The maximum atomic E-state index is 13.1. The van der Waals surface area contributed by atoms with E-state index < -0.39 is 46.6 Å². The van der Waals surface area contributed by atoms with Crippen molar-refractivity contribution in [1.29, 1.82) is 0 Å². The number of halogens is 3. The summed E-state index contributed by atoms with van der Waals surface area (Å²) in [5.74, 6) is -1.54. The highest BCUT2D eigenvalue weighted by atomic mass is 32.3. The zero-order valence-corrected chi connectivity index (χ0v) is 18.2. The van der Waals surface area contributed by atoms with Crippen molar-refractivity contribution < 1.29 is 41.4 Å². The second kappa shape index (κ2) is 8.06. The van der Waals surface area contributed by atoms with Gasteiger partial charge in [0, 0.05) is 6.07 Å². The Bertz CT molecular complexity index is 1360. The number of alkyl halides is 3. The number of pyridine rings is 1. The standard InChI is InChI=1S/C19H17F3N6O6S/c20-19(21,22)12-2-1-3-13(25-12)28-4-5-33-15(18(28)30)14(29)17-24-9-7-10-8(16(23)26-34-10)6-11(9)35(31,32)27-17/h1-3,6-7,14-15,29,31-32H,4-5H2,(H2,23,26)(H,24,27)/t14-,15-/m1/s1. The molecule has 2 aliphatic rings. The third kappa shape index (κ3) is 4.04. The van der Waals surface area contributed by atoms with E-state index >= 15 is 0 Å². The molecule has 0 radical (unpaired) electrons. The number of ether oxygens (including phenoxy) is 1. The average molecular weight is 514 g/mol. The number of carbonyl (C=O) groups excluding carboxylic acids is 1. The molecule has 12 nitrogen and oxygen atoms in total. The van der Waals surface area contributed by atoms with Crippen molar-refractivity contribution >= 4 is 50.8 Å². The maximum absolute atomic E-state index is 13.1. The minimum atomic E-state index is -4.72. The van der Waals surface area contributed by atoms with E-state index in [4.69, 9.17) is 15.0 Å². The van der Waals surface area contributed by atoms with Crippen LogP contribution in [0.4, 0.5) is 30.5 Å². The molecule has 1 amide bonds. The Morgan fingerprint density at radius 1 is 1.29 bits per heavy atom. The van der Waals surface area contributed by atoms with Gasteiger partial charge in [0.1, 0.15) is 22.5 Å². The van der Waals surface area contributed by atoms with E-state index in [1.165, 1.54) is 18.2 Å². The van der Waals surface area contributed by atoms with Crippen molar-refractivity contribution in [2.75, 3.05) is 29.1 Å². The predicted octanol–water partition coefficient (Wildman–Crippen LogP) is 2.47. The van der Waals surface area contributed by atoms with Gasteiger partial charge in [-0.15, -0.1) is 4.40 Å². The fourth-order valence-electron chi connectivity index (χ4n) is 3.72. The fraction of sp³-hybridized carbons (Fsp3) is 0.263. The van der Waals surface area contributed by atoms with Gasteiger partial charge in [-0.3, -0.25) is 18.8 Å². The fourth-order valence-corrected chi connectivity index (χ4v) is 4.92. The summed E-state index contributed by atoms with van der Waals surface area (Å²) in [6, 6.07) is 5.79. The van der Waals surface area contributed by atoms with Crippen LogP contribution in [-0.2, 0) is 15.7 Å². The van der Waals surface area contributed by atoms with Gasteiger partial charge in [-0.1, -0.05) is 22.0 Å². The van der Waals surface area contributed by atoms with E-state index in [0.29, 0.717) is 5.39 Å². The molecular formula is C19H17F3N6O6S. The molecule has 2 aliphatic heterocycles. The van der Waals surface area contributed by atoms with Gasteiger partial charge in [-0.05, 0) is 18.2 Å². The number of morpholine rings is 1. The van der Waals surface area contributed by atoms with E-state index in [9.17, 15) is 32.2 Å². The zero-order chi connectivity index (χ0) is 25.1. The molecule has 5 rings (SSSR count). The maximum Gasteiger partial charge on any atom is 0.433 e. The third-order valence-electron chi connectivity index (χ3n) is 5.37. The number of hydrogen-bond donors (Lipinski definition) is 5. The molecule has 1 fully saturated rings. The summed E-state index contributed by atoms with van der Waals surface area (Å²) >= 11 is 0. The normalized spacial score (nSPS) is 21.8. The monoisotopic (exact) mass is 514 g/mol. The first-order valence-electron chi connectivity index (χ1n) is 9.95. The first-order chi connectivity index (χ1) is 16.5. The largest absolute Gasteiger partial charge is 0.433 e. The van der Waals surface area contributed by atoms with Gasteiger partial charge in [-0.2, -0.15) is 13.2 Å². The summed E-state index contributed by atoms with van der Waals surface area (Å²) in [7, 11) is -3.84. The first-order valence-corrected chi connectivity index (χ1v) is 11.5. The van der Waals surface area contributed by atoms with Crippen LogP contribution in [0.3, 0.4) is 0 Å². The van der Waals surface area contributed by atoms with Gasteiger partial charge in [0.25, 0.3) is 5.91 Å². The van der Waals surface area contributed by atoms with Crippen LogP contribution in [0.15, 0.2) is 44.1 Å². The number of nitrogens with zero attached hydrogens (tertiary/aromatic N) is 4. The molecule has 1 saturated heterocycles. The van der Waals surface area contributed by atoms with Gasteiger partial charge >= 0.3 is 6.18 Å². The lowest BCUT2D eigenvalue weighted by atomic mass is 10.1. The Morgan fingerprint density at radius 2 is 2.06 bits per heavy atom. The molecule has 1 aromatic carbocycles. The number of amides is 1. The summed E-state index contributed by atoms with van der Waals surface area (Å²) in [6.45, 7) is -0.247. The van der Waals surface area contributed by atoms with Gasteiger partial charge in [0.15, 0.2) is 23.3 Å². The molecule has 186 valence electrons. The van der Waals surface area contributed by atoms with Crippen LogP contribution < -0.4 is 16.0 Å². The number of fused-ring (bicyclic) bond motifs is 2. The second-order valence-electron chi connectivity index (χ2n) is 7.64. The van der Waals surface area contributed by atoms with Gasteiger partial charge in [-0.25, -0.2) is 4.98 Å². The Morgan fingerprint density at radius 3 is 2.80 bits per heavy atom. The highest BCUT2D eigenvalue weighted by Gasteiger charge is 2.42. The van der Waals surface area contributed by atoms with Gasteiger partial charge in [0.05, 0.1) is 24.2 Å². The predicted molar refractivity (Wildman–Crippen MR) is 118 cm³/mol. The topological polar surface area (TPSA) is 180 Å². The van der Waals surface area contributed by atoms with Crippen LogP contribution in [0.25, 0.3) is 11.0 Å². The highest BCUT2D eigenvalue weighted by molar-refractivity contribution is 8.23. The Kier molecular flexibility index (Phi) is 5.37. The van der Waals surface area contributed by atoms with E-state index in [0.717, 1.165) is 17.0 Å². The van der Waals surface area contributed by atoms with Crippen LogP contribution in [0.5, 0.6) is 0 Å². The number of aliphatic hydroxyl groups is 1. The lowest BCUT2D eigenvalue weighted by Gasteiger charge is -2.38. The molecule has 3 aromatic rings. The molecule has 16 heteroatoms. The number of amidine groups is 1. The van der Waals surface area contributed by atoms with Crippen LogP contribution in [0.1, 0.15) is 5.69 Å². The summed E-state index contributed by atoms with van der Waals surface area (Å²) in [4.78, 5) is 17.4. The van der Waals surface area contributed by atoms with Crippen molar-refractivity contribution in [2.24, 2.45) is 4.40 Å². The molecule has 35 heavy (non-hydrogen) atoms. The number of anilines is 3. The lowest BCUT2D eigenvalue weighted by Crippen LogP contribution is -2.56. The summed E-state index contributed by atoms with van der Waals surface area (Å²) in [5, 5.41) is 17.5.